The van der Waals surface area contributed by atoms with Crippen molar-refractivity contribution in [2.24, 2.45) is 5.92 Å². The van der Waals surface area contributed by atoms with Crippen LogP contribution in [0.1, 0.15) is 43.4 Å². The Kier molecular flexibility index (Phi) is 6.77. The lowest BCUT2D eigenvalue weighted by atomic mass is 9.85. The minimum absolute atomic E-state index is 0.299. The normalized spacial score (nSPS) is 16.5. The Morgan fingerprint density at radius 2 is 2.18 bits per heavy atom. The highest BCUT2D eigenvalue weighted by Crippen LogP contribution is 2.26. The fourth-order valence-corrected chi connectivity index (χ4v) is 3.88. The topological polar surface area (TPSA) is 20.3 Å². The van der Waals surface area contributed by atoms with Gasteiger partial charge in [0.15, 0.2) is 0 Å². The van der Waals surface area contributed by atoms with Crippen molar-refractivity contribution < 1.29 is 4.79 Å². The molecule has 1 saturated carbocycles. The lowest BCUT2D eigenvalue weighted by molar-refractivity contribution is -0.123. The summed E-state index contributed by atoms with van der Waals surface area (Å²) in [6.07, 6.45) is 8.51. The van der Waals surface area contributed by atoms with E-state index in [-0.39, 0.29) is 0 Å². The Hall–Kier alpha value is -1.00. The molecule has 0 radical (unpaired) electrons. The number of carbonyl (C=O) groups excluding carboxylic acids is 1. The van der Waals surface area contributed by atoms with Crippen LogP contribution in [0, 0.1) is 5.92 Å². The summed E-state index contributed by atoms with van der Waals surface area (Å²) in [5.74, 6) is 0.717. The fourth-order valence-electron chi connectivity index (χ4n) is 2.83. The van der Waals surface area contributed by atoms with Gasteiger partial charge in [0.1, 0.15) is 5.78 Å². The molecular formula is C18H25NOS2. The lowest BCUT2D eigenvalue weighted by Gasteiger charge is -2.24. The predicted molar refractivity (Wildman–Crippen MR) is 99.3 cm³/mol. The van der Waals surface area contributed by atoms with Gasteiger partial charge in [0, 0.05) is 41.4 Å². The largest absolute Gasteiger partial charge is 0.374 e. The molecule has 1 heterocycles. The molecule has 0 atom stereocenters. The molecule has 4 heteroatoms. The van der Waals surface area contributed by atoms with Crippen molar-refractivity contribution in [3.05, 3.63) is 39.6 Å². The summed E-state index contributed by atoms with van der Waals surface area (Å²) in [7, 11) is 1.98. The second kappa shape index (κ2) is 8.59. The molecule has 1 fully saturated rings. The smallest absolute Gasteiger partial charge is 0.137 e. The summed E-state index contributed by atoms with van der Waals surface area (Å²) < 4.78 is 0. The SMILES string of the molecule is C=C(/C(S)=C/c1cccs1)N(C)CCC(=O)C1CCCCC1. The Balaban J connectivity index is 1.82. The average Bonchev–Trinajstić information content (AvgIpc) is 3.05. The van der Waals surface area contributed by atoms with E-state index in [4.69, 9.17) is 0 Å². The van der Waals surface area contributed by atoms with E-state index in [1.165, 1.54) is 19.3 Å². The highest BCUT2D eigenvalue weighted by atomic mass is 32.1. The summed E-state index contributed by atoms with van der Waals surface area (Å²) in [5, 5.41) is 2.04. The lowest BCUT2D eigenvalue weighted by Crippen LogP contribution is -2.25. The number of rotatable bonds is 7. The van der Waals surface area contributed by atoms with E-state index in [0.29, 0.717) is 18.1 Å². The molecule has 0 spiro atoms. The van der Waals surface area contributed by atoms with Crippen LogP contribution in [0.15, 0.2) is 34.7 Å². The minimum atomic E-state index is 0.299. The molecule has 0 bridgehead atoms. The van der Waals surface area contributed by atoms with E-state index >= 15 is 0 Å². The van der Waals surface area contributed by atoms with Crippen LogP contribution in [-0.2, 0) is 4.79 Å². The van der Waals surface area contributed by atoms with Gasteiger partial charge in [0.2, 0.25) is 0 Å². The third kappa shape index (κ3) is 5.03. The molecule has 120 valence electrons. The number of likely N-dealkylation sites (N-methyl/N-ethyl adjacent to an activating group) is 1. The Labute approximate surface area is 143 Å². The molecule has 1 aliphatic carbocycles. The third-order valence-electron chi connectivity index (χ3n) is 4.33. The van der Waals surface area contributed by atoms with Crippen molar-refractivity contribution in [2.75, 3.05) is 13.6 Å². The molecule has 0 aromatic carbocycles. The maximum atomic E-state index is 12.3. The van der Waals surface area contributed by atoms with Gasteiger partial charge in [-0.25, -0.2) is 0 Å². The zero-order valence-electron chi connectivity index (χ0n) is 13.3. The van der Waals surface area contributed by atoms with Crippen LogP contribution >= 0.6 is 24.0 Å². The Bertz CT molecular complexity index is 527. The Morgan fingerprint density at radius 3 is 2.82 bits per heavy atom. The van der Waals surface area contributed by atoms with Gasteiger partial charge < -0.3 is 4.90 Å². The quantitative estimate of drug-likeness (QED) is 0.559. The van der Waals surface area contributed by atoms with Crippen molar-refractivity contribution in [2.45, 2.75) is 38.5 Å². The summed E-state index contributed by atoms with van der Waals surface area (Å²) in [6, 6.07) is 4.08. The Morgan fingerprint density at radius 1 is 1.45 bits per heavy atom. The number of hydrogen-bond donors (Lipinski definition) is 1. The standard InChI is InChI=1S/C18H25NOS2/c1-14(18(21)13-16-9-6-12-22-16)19(2)11-10-17(20)15-7-4-3-5-8-15/h6,9,12-13,15,21H,1,3-5,7-8,10-11H2,2H3/b18-13-. The highest BCUT2D eigenvalue weighted by Gasteiger charge is 2.21. The molecule has 1 aliphatic rings. The van der Waals surface area contributed by atoms with Crippen molar-refractivity contribution in [1.82, 2.24) is 4.90 Å². The average molecular weight is 336 g/mol. The second-order valence-electron chi connectivity index (χ2n) is 5.96. The first kappa shape index (κ1) is 17.4. The number of hydrogen-bond acceptors (Lipinski definition) is 4. The number of thiophene rings is 1. The predicted octanol–water partition coefficient (Wildman–Crippen LogP) is 5.00. The molecular weight excluding hydrogens is 310 g/mol. The maximum Gasteiger partial charge on any atom is 0.137 e. The van der Waals surface area contributed by atoms with Gasteiger partial charge in [-0.15, -0.1) is 24.0 Å². The molecule has 2 rings (SSSR count). The van der Waals surface area contributed by atoms with Crippen molar-refractivity contribution in [1.29, 1.82) is 0 Å². The van der Waals surface area contributed by atoms with E-state index < -0.39 is 0 Å². The first-order chi connectivity index (χ1) is 10.6. The molecule has 0 unspecified atom stereocenters. The van der Waals surface area contributed by atoms with E-state index in [1.807, 2.05) is 29.5 Å². The third-order valence-corrected chi connectivity index (χ3v) is 5.54. The van der Waals surface area contributed by atoms with Gasteiger partial charge in [-0.3, -0.25) is 4.79 Å². The molecule has 0 saturated heterocycles. The van der Waals surface area contributed by atoms with Crippen LogP contribution in [0.3, 0.4) is 0 Å². The molecule has 0 aliphatic heterocycles. The fraction of sp³-hybridized carbons (Fsp3) is 0.500. The van der Waals surface area contributed by atoms with Gasteiger partial charge in [-0.05, 0) is 30.4 Å². The number of Topliss-reactive ketones (excluding diaryl/α,β-unsaturated/α-hetero) is 1. The first-order valence-electron chi connectivity index (χ1n) is 7.95. The van der Waals surface area contributed by atoms with Crippen LogP contribution in [0.4, 0.5) is 0 Å². The zero-order chi connectivity index (χ0) is 15.9. The summed E-state index contributed by atoms with van der Waals surface area (Å²) in [5.41, 5.74) is 0.869. The van der Waals surface area contributed by atoms with Crippen LogP contribution in [-0.4, -0.2) is 24.3 Å². The van der Waals surface area contributed by atoms with Gasteiger partial charge >= 0.3 is 0 Å². The number of carbonyl (C=O) groups is 1. The van der Waals surface area contributed by atoms with Crippen molar-refractivity contribution in [3.8, 4) is 0 Å². The molecule has 1 aromatic rings. The van der Waals surface area contributed by atoms with Crippen LogP contribution in [0.5, 0.6) is 0 Å². The maximum absolute atomic E-state index is 12.3. The van der Waals surface area contributed by atoms with E-state index in [0.717, 1.165) is 34.9 Å². The molecule has 1 aromatic heterocycles. The van der Waals surface area contributed by atoms with Gasteiger partial charge in [-0.1, -0.05) is 31.9 Å². The van der Waals surface area contributed by atoms with E-state index in [1.54, 1.807) is 11.3 Å². The molecule has 2 nitrogen and oxygen atoms in total. The second-order valence-corrected chi connectivity index (χ2v) is 7.43. The van der Waals surface area contributed by atoms with Crippen LogP contribution in [0.25, 0.3) is 6.08 Å². The van der Waals surface area contributed by atoms with Crippen LogP contribution in [0.2, 0.25) is 0 Å². The van der Waals surface area contributed by atoms with Crippen molar-refractivity contribution in [3.63, 3.8) is 0 Å². The van der Waals surface area contributed by atoms with Crippen LogP contribution < -0.4 is 0 Å². The minimum Gasteiger partial charge on any atom is -0.374 e. The molecule has 0 amide bonds. The summed E-state index contributed by atoms with van der Waals surface area (Å²) >= 11 is 6.22. The number of thiol groups is 1. The number of nitrogens with zero attached hydrogens (tertiary/aromatic N) is 1. The van der Waals surface area contributed by atoms with E-state index in [2.05, 4.69) is 25.3 Å². The molecule has 0 N–H and O–H groups in total. The van der Waals surface area contributed by atoms with E-state index in [9.17, 15) is 4.79 Å². The van der Waals surface area contributed by atoms with Gasteiger partial charge in [0.25, 0.3) is 0 Å². The van der Waals surface area contributed by atoms with Gasteiger partial charge in [0.05, 0.1) is 0 Å². The summed E-state index contributed by atoms with van der Waals surface area (Å²) in [6.45, 7) is 4.82. The van der Waals surface area contributed by atoms with Crippen molar-refractivity contribution >= 4 is 35.8 Å². The molecule has 22 heavy (non-hydrogen) atoms. The van der Waals surface area contributed by atoms with Gasteiger partial charge in [-0.2, -0.15) is 0 Å². The summed E-state index contributed by atoms with van der Waals surface area (Å²) in [4.78, 5) is 16.3. The number of ketones is 1. The monoisotopic (exact) mass is 335 g/mol. The zero-order valence-corrected chi connectivity index (χ0v) is 15.0. The first-order valence-corrected chi connectivity index (χ1v) is 9.28. The highest BCUT2D eigenvalue weighted by molar-refractivity contribution is 7.85.